The summed E-state index contributed by atoms with van der Waals surface area (Å²) in [4.78, 5) is 19.0. The van der Waals surface area contributed by atoms with Gasteiger partial charge in [0.05, 0.1) is 18.4 Å². The van der Waals surface area contributed by atoms with Gasteiger partial charge >= 0.3 is 5.97 Å². The molecule has 2 aromatic carbocycles. The number of carbonyl (C=O) groups is 1. The van der Waals surface area contributed by atoms with E-state index in [0.29, 0.717) is 30.3 Å². The summed E-state index contributed by atoms with van der Waals surface area (Å²) in [5, 5.41) is 19.9. The Labute approximate surface area is 259 Å². The fraction of sp³-hybridized carbons (Fsp3) is 0.400. The molecule has 1 aromatic heterocycles. The van der Waals surface area contributed by atoms with Gasteiger partial charge in [-0.2, -0.15) is 0 Å². The largest absolute Gasteiger partial charge is 0.488 e. The molecule has 0 saturated carbocycles. The molecule has 2 aliphatic heterocycles. The zero-order chi connectivity index (χ0) is 31.1. The van der Waals surface area contributed by atoms with Crippen molar-refractivity contribution in [2.24, 2.45) is 0 Å². The standard InChI is InChI=1S/C35H42N4O5/c1-4-42-34(30(20-36)35(40)41)38-32-12-6-11-31(37-32)29-10-5-8-23(2)33(29)44-22-25-13-14-27-21-39(16-15-26(27)19-25)28-9-7-17-43-24(3)18-28/h5-6,8,10-14,19-20,24,28,36H,4,7,9,15-18,21-22H2,1-3H3,(H,37,38)(H,40,41)/b34-30-,36-20?. The molecule has 2 unspecified atom stereocenters. The Balaban J connectivity index is 1.31. The van der Waals surface area contributed by atoms with Gasteiger partial charge in [-0.3, -0.25) is 4.90 Å². The van der Waals surface area contributed by atoms with Gasteiger partial charge in [0.15, 0.2) is 0 Å². The first kappa shape index (κ1) is 31.2. The van der Waals surface area contributed by atoms with Gasteiger partial charge in [0.25, 0.3) is 0 Å². The van der Waals surface area contributed by atoms with Crippen molar-refractivity contribution in [2.45, 2.75) is 71.8 Å². The second-order valence-corrected chi connectivity index (χ2v) is 11.4. The van der Waals surface area contributed by atoms with Crippen molar-refractivity contribution < 1.29 is 24.1 Å². The lowest BCUT2D eigenvalue weighted by atomic mass is 9.94. The minimum atomic E-state index is -1.26. The second-order valence-electron chi connectivity index (χ2n) is 11.4. The number of pyridine rings is 1. The fourth-order valence-electron chi connectivity index (χ4n) is 6.06. The SMILES string of the molecule is CCO/C(Nc1cccc(-c2cccc(C)c2OCc2ccc3c(c2)CCN(C2CCCOC(C)C2)C3)n1)=C(/C=N)C(=O)O. The molecule has 5 rings (SSSR count). The Morgan fingerprint density at radius 3 is 2.84 bits per heavy atom. The number of nitrogens with one attached hydrogen (secondary N) is 2. The number of rotatable bonds is 11. The third-order valence-corrected chi connectivity index (χ3v) is 8.29. The second kappa shape index (κ2) is 14.5. The van der Waals surface area contributed by atoms with Crippen LogP contribution in [0, 0.1) is 12.3 Å². The predicted molar refractivity (Wildman–Crippen MR) is 171 cm³/mol. The maximum Gasteiger partial charge on any atom is 0.342 e. The van der Waals surface area contributed by atoms with Gasteiger partial charge in [-0.1, -0.05) is 36.4 Å². The van der Waals surface area contributed by atoms with E-state index >= 15 is 0 Å². The van der Waals surface area contributed by atoms with Crippen LogP contribution in [0.25, 0.3) is 11.3 Å². The topological polar surface area (TPSA) is 117 Å². The zero-order valence-electron chi connectivity index (χ0n) is 25.8. The lowest BCUT2D eigenvalue weighted by Crippen LogP contribution is -2.40. The Hall–Kier alpha value is -4.21. The molecule has 2 aliphatic rings. The van der Waals surface area contributed by atoms with Crippen LogP contribution in [-0.2, 0) is 33.8 Å². The fourth-order valence-corrected chi connectivity index (χ4v) is 6.06. The molecule has 232 valence electrons. The van der Waals surface area contributed by atoms with Crippen LogP contribution in [0.3, 0.4) is 0 Å². The van der Waals surface area contributed by atoms with Crippen LogP contribution in [0.2, 0.25) is 0 Å². The van der Waals surface area contributed by atoms with Crippen molar-refractivity contribution in [3.63, 3.8) is 0 Å². The maximum atomic E-state index is 11.6. The molecule has 1 saturated heterocycles. The highest BCUT2D eigenvalue weighted by Gasteiger charge is 2.27. The van der Waals surface area contributed by atoms with Crippen LogP contribution >= 0.6 is 0 Å². The lowest BCUT2D eigenvalue weighted by molar-refractivity contribution is -0.132. The molecule has 3 aromatic rings. The van der Waals surface area contributed by atoms with Crippen molar-refractivity contribution >= 4 is 18.0 Å². The highest BCUT2D eigenvalue weighted by molar-refractivity contribution is 6.08. The molecule has 1 fully saturated rings. The number of aryl methyl sites for hydroxylation is 1. The summed E-state index contributed by atoms with van der Waals surface area (Å²) in [5.41, 5.74) is 6.13. The number of hydrogen-bond donors (Lipinski definition) is 3. The highest BCUT2D eigenvalue weighted by Crippen LogP contribution is 2.34. The average Bonchev–Trinajstić information content (AvgIpc) is 3.24. The normalized spacial score (nSPS) is 19.2. The zero-order valence-corrected chi connectivity index (χ0v) is 25.8. The summed E-state index contributed by atoms with van der Waals surface area (Å²) in [6.07, 6.45) is 5.55. The predicted octanol–water partition coefficient (Wildman–Crippen LogP) is 6.35. The van der Waals surface area contributed by atoms with Crippen LogP contribution < -0.4 is 10.1 Å². The monoisotopic (exact) mass is 598 g/mol. The molecule has 2 atom stereocenters. The number of benzene rings is 2. The Kier molecular flexibility index (Phi) is 10.3. The first-order valence-electron chi connectivity index (χ1n) is 15.4. The summed E-state index contributed by atoms with van der Waals surface area (Å²) < 4.78 is 17.8. The molecule has 0 amide bonds. The van der Waals surface area contributed by atoms with Crippen molar-refractivity contribution in [3.05, 3.63) is 88.3 Å². The van der Waals surface area contributed by atoms with Crippen molar-refractivity contribution in [2.75, 3.05) is 25.1 Å². The van der Waals surface area contributed by atoms with Crippen LogP contribution in [0.15, 0.2) is 66.1 Å². The van der Waals surface area contributed by atoms with Crippen LogP contribution in [-0.4, -0.2) is 59.1 Å². The Morgan fingerprint density at radius 1 is 1.20 bits per heavy atom. The third-order valence-electron chi connectivity index (χ3n) is 8.29. The van der Waals surface area contributed by atoms with Gasteiger partial charge in [0.2, 0.25) is 5.88 Å². The first-order chi connectivity index (χ1) is 21.4. The van der Waals surface area contributed by atoms with Gasteiger partial charge in [-0.05, 0) is 86.9 Å². The number of ether oxygens (including phenoxy) is 3. The molecule has 3 N–H and O–H groups in total. The number of hydrogen-bond acceptors (Lipinski definition) is 8. The Morgan fingerprint density at radius 2 is 2.05 bits per heavy atom. The molecule has 0 radical (unpaired) electrons. The molecule has 9 nitrogen and oxygen atoms in total. The van der Waals surface area contributed by atoms with E-state index in [9.17, 15) is 9.90 Å². The molecular weight excluding hydrogens is 556 g/mol. The van der Waals surface area contributed by atoms with Gasteiger partial charge in [-0.15, -0.1) is 0 Å². The highest BCUT2D eigenvalue weighted by atomic mass is 16.5. The Bertz CT molecular complexity index is 1520. The number of para-hydroxylation sites is 1. The average molecular weight is 599 g/mol. The summed E-state index contributed by atoms with van der Waals surface area (Å²) >= 11 is 0. The van der Waals surface area contributed by atoms with Crippen molar-refractivity contribution in [3.8, 4) is 17.0 Å². The van der Waals surface area contributed by atoms with Crippen LogP contribution in [0.1, 0.15) is 55.4 Å². The molecule has 44 heavy (non-hydrogen) atoms. The van der Waals surface area contributed by atoms with E-state index in [1.807, 2.05) is 37.3 Å². The number of aromatic nitrogens is 1. The molecule has 9 heteroatoms. The van der Waals surface area contributed by atoms with E-state index in [4.69, 9.17) is 24.6 Å². The quantitative estimate of drug-likeness (QED) is 0.133. The van der Waals surface area contributed by atoms with Gasteiger partial charge < -0.3 is 30.0 Å². The molecule has 0 bridgehead atoms. The van der Waals surface area contributed by atoms with E-state index < -0.39 is 5.97 Å². The van der Waals surface area contributed by atoms with E-state index in [1.165, 1.54) is 17.5 Å². The first-order valence-corrected chi connectivity index (χ1v) is 15.4. The number of carboxylic acid groups (broad SMARTS) is 1. The van der Waals surface area contributed by atoms with Gasteiger partial charge in [-0.25, -0.2) is 9.78 Å². The number of carboxylic acids is 1. The maximum absolute atomic E-state index is 11.6. The number of fused-ring (bicyclic) bond motifs is 1. The molecule has 3 heterocycles. The summed E-state index contributed by atoms with van der Waals surface area (Å²) in [6, 6.07) is 18.7. The smallest absolute Gasteiger partial charge is 0.342 e. The third kappa shape index (κ3) is 7.46. The number of anilines is 1. The minimum absolute atomic E-state index is 0.0336. The van der Waals surface area contributed by atoms with E-state index in [-0.39, 0.29) is 18.1 Å². The van der Waals surface area contributed by atoms with Crippen LogP contribution in [0.5, 0.6) is 5.75 Å². The summed E-state index contributed by atoms with van der Waals surface area (Å²) in [5.74, 6) is -0.148. The van der Waals surface area contributed by atoms with Crippen LogP contribution in [0.4, 0.5) is 5.82 Å². The van der Waals surface area contributed by atoms with Crippen molar-refractivity contribution in [1.82, 2.24) is 9.88 Å². The molecule has 0 aliphatic carbocycles. The summed E-state index contributed by atoms with van der Waals surface area (Å²) in [6.45, 7) is 9.55. The molecular formula is C35H42N4O5. The van der Waals surface area contributed by atoms with Crippen molar-refractivity contribution in [1.29, 1.82) is 5.41 Å². The molecule has 0 spiro atoms. The summed E-state index contributed by atoms with van der Waals surface area (Å²) in [7, 11) is 0. The minimum Gasteiger partial charge on any atom is -0.488 e. The number of aliphatic carboxylic acids is 1. The van der Waals surface area contributed by atoms with Gasteiger partial charge in [0.1, 0.15) is 23.7 Å². The van der Waals surface area contributed by atoms with Gasteiger partial charge in [0, 0.05) is 37.5 Å². The van der Waals surface area contributed by atoms with E-state index in [0.717, 1.165) is 67.6 Å². The van der Waals surface area contributed by atoms with E-state index in [1.54, 1.807) is 13.0 Å². The number of nitrogens with zero attached hydrogens (tertiary/aromatic N) is 2. The lowest BCUT2D eigenvalue weighted by Gasteiger charge is -2.36. The van der Waals surface area contributed by atoms with E-state index in [2.05, 4.69) is 35.3 Å².